The number of rotatable bonds is 13. The lowest BCUT2D eigenvalue weighted by atomic mass is 10.1. The van der Waals surface area contributed by atoms with Crippen molar-refractivity contribution in [3.05, 3.63) is 59.7 Å². The van der Waals surface area contributed by atoms with E-state index in [-0.39, 0.29) is 6.61 Å². The summed E-state index contributed by atoms with van der Waals surface area (Å²) in [7, 11) is 0. The van der Waals surface area contributed by atoms with Crippen LogP contribution in [0.25, 0.3) is 0 Å². The summed E-state index contributed by atoms with van der Waals surface area (Å²) >= 11 is 0. The van der Waals surface area contributed by atoms with Crippen molar-refractivity contribution in [1.29, 1.82) is 0 Å². The van der Waals surface area contributed by atoms with Crippen LogP contribution in [-0.4, -0.2) is 50.2 Å². The van der Waals surface area contributed by atoms with Gasteiger partial charge in [-0.3, -0.25) is 0 Å². The van der Waals surface area contributed by atoms with Crippen molar-refractivity contribution in [3.63, 3.8) is 0 Å². The van der Waals surface area contributed by atoms with Crippen LogP contribution in [0.15, 0.2) is 42.5 Å². The molecule has 0 saturated carbocycles. The Kier molecular flexibility index (Phi) is 9.83. The van der Waals surface area contributed by atoms with E-state index in [0.717, 1.165) is 6.07 Å². The van der Waals surface area contributed by atoms with E-state index in [0.29, 0.717) is 55.9 Å². The largest absolute Gasteiger partial charge is 0.491 e. The second-order valence-electron chi connectivity index (χ2n) is 6.95. The lowest BCUT2D eigenvalue weighted by Gasteiger charge is -2.15. The minimum atomic E-state index is -0.587. The van der Waals surface area contributed by atoms with Crippen LogP contribution in [0, 0.1) is 11.6 Å². The molecule has 0 spiro atoms. The van der Waals surface area contributed by atoms with Gasteiger partial charge in [-0.2, -0.15) is 0 Å². The minimum absolute atomic E-state index is 0.211. The zero-order valence-electron chi connectivity index (χ0n) is 16.9. The second kappa shape index (κ2) is 12.4. The van der Waals surface area contributed by atoms with Crippen molar-refractivity contribution in [2.24, 2.45) is 0 Å². The number of hydrogen-bond acceptors (Lipinski definition) is 5. The Labute approximate surface area is 170 Å². The minimum Gasteiger partial charge on any atom is -0.491 e. The molecular formula is C22H29F2NO4. The van der Waals surface area contributed by atoms with E-state index < -0.39 is 17.7 Å². The maximum Gasteiger partial charge on any atom is 0.129 e. The van der Waals surface area contributed by atoms with E-state index in [4.69, 9.17) is 14.2 Å². The third-order valence-electron chi connectivity index (χ3n) is 4.06. The number of aliphatic hydroxyl groups is 1. The molecule has 0 heterocycles. The van der Waals surface area contributed by atoms with Crippen LogP contribution >= 0.6 is 0 Å². The summed E-state index contributed by atoms with van der Waals surface area (Å²) in [5, 5.41) is 13.0. The van der Waals surface area contributed by atoms with E-state index in [1.807, 2.05) is 13.8 Å². The Hall–Kier alpha value is -2.22. The summed E-state index contributed by atoms with van der Waals surface area (Å²) in [5.74, 6) is 0.179. The van der Waals surface area contributed by atoms with Gasteiger partial charge in [0.2, 0.25) is 0 Å². The molecule has 5 nitrogen and oxygen atoms in total. The maximum absolute atomic E-state index is 13.5. The molecule has 0 aromatic heterocycles. The Morgan fingerprint density at radius 1 is 0.931 bits per heavy atom. The highest BCUT2D eigenvalue weighted by Crippen LogP contribution is 2.17. The molecule has 2 rings (SSSR count). The van der Waals surface area contributed by atoms with Crippen molar-refractivity contribution in [2.45, 2.75) is 32.4 Å². The normalized spacial score (nSPS) is 12.2. The summed E-state index contributed by atoms with van der Waals surface area (Å²) in [6.45, 7) is 5.76. The van der Waals surface area contributed by atoms with E-state index in [1.165, 1.54) is 12.1 Å². The molecule has 1 atom stereocenters. The van der Waals surface area contributed by atoms with Crippen LogP contribution in [0.4, 0.5) is 8.78 Å². The first-order valence-corrected chi connectivity index (χ1v) is 9.73. The first kappa shape index (κ1) is 23.1. The van der Waals surface area contributed by atoms with E-state index in [2.05, 4.69) is 5.32 Å². The van der Waals surface area contributed by atoms with Gasteiger partial charge in [0.25, 0.3) is 0 Å². The SMILES string of the molecule is CC(C)NCC(O)COc1ccc(OCCOCCc2ccc(F)cc2F)cc1. The first-order valence-electron chi connectivity index (χ1n) is 9.73. The van der Waals surface area contributed by atoms with E-state index in [1.54, 1.807) is 24.3 Å². The number of aliphatic hydroxyl groups excluding tert-OH is 1. The van der Waals surface area contributed by atoms with Gasteiger partial charge in [0.15, 0.2) is 0 Å². The Bertz CT molecular complexity index is 725. The van der Waals surface area contributed by atoms with Crippen LogP contribution in [-0.2, 0) is 11.2 Å². The van der Waals surface area contributed by atoms with Gasteiger partial charge < -0.3 is 24.6 Å². The number of hydrogen-bond donors (Lipinski definition) is 2. The topological polar surface area (TPSA) is 60.0 Å². The van der Waals surface area contributed by atoms with Crippen LogP contribution in [0.2, 0.25) is 0 Å². The molecule has 0 radical (unpaired) electrons. The van der Waals surface area contributed by atoms with Crippen molar-refractivity contribution in [2.75, 3.05) is 33.0 Å². The molecule has 2 N–H and O–H groups in total. The van der Waals surface area contributed by atoms with Crippen molar-refractivity contribution < 1.29 is 28.1 Å². The molecule has 2 aromatic rings. The number of nitrogens with one attached hydrogen (secondary N) is 1. The maximum atomic E-state index is 13.5. The average molecular weight is 409 g/mol. The fourth-order valence-electron chi connectivity index (χ4n) is 2.48. The third kappa shape index (κ3) is 9.21. The fraction of sp³-hybridized carbons (Fsp3) is 0.455. The van der Waals surface area contributed by atoms with Gasteiger partial charge in [0.05, 0.1) is 13.2 Å². The standard InChI is InChI=1S/C22H29F2NO4/c1-16(2)25-14-19(26)15-29-21-7-5-20(6-8-21)28-12-11-27-10-9-17-3-4-18(23)13-22(17)24/h3-8,13,16,19,25-26H,9-12,14-15H2,1-2H3. The molecule has 2 aromatic carbocycles. The summed E-state index contributed by atoms with van der Waals surface area (Å²) < 4.78 is 42.9. The molecule has 1 unspecified atom stereocenters. The predicted octanol–water partition coefficient (Wildman–Crippen LogP) is 3.34. The number of ether oxygens (including phenoxy) is 3. The lowest BCUT2D eigenvalue weighted by molar-refractivity contribution is 0.101. The van der Waals surface area contributed by atoms with Crippen LogP contribution < -0.4 is 14.8 Å². The monoisotopic (exact) mass is 409 g/mol. The molecule has 0 fully saturated rings. The van der Waals surface area contributed by atoms with Gasteiger partial charge in [-0.15, -0.1) is 0 Å². The average Bonchev–Trinajstić information content (AvgIpc) is 2.69. The summed E-state index contributed by atoms with van der Waals surface area (Å²) in [5.41, 5.74) is 0.424. The van der Waals surface area contributed by atoms with Gasteiger partial charge in [-0.1, -0.05) is 19.9 Å². The van der Waals surface area contributed by atoms with Crippen molar-refractivity contribution in [1.82, 2.24) is 5.32 Å². The summed E-state index contributed by atoms with van der Waals surface area (Å²) in [6, 6.07) is 11.0. The molecule has 0 amide bonds. The lowest BCUT2D eigenvalue weighted by Crippen LogP contribution is -2.35. The van der Waals surface area contributed by atoms with Gasteiger partial charge in [-0.25, -0.2) is 8.78 Å². The Morgan fingerprint density at radius 2 is 1.62 bits per heavy atom. The van der Waals surface area contributed by atoms with E-state index in [9.17, 15) is 13.9 Å². The van der Waals surface area contributed by atoms with Gasteiger partial charge in [0.1, 0.15) is 42.5 Å². The third-order valence-corrected chi connectivity index (χ3v) is 4.06. The number of halogens is 2. The van der Waals surface area contributed by atoms with E-state index >= 15 is 0 Å². The molecule has 29 heavy (non-hydrogen) atoms. The molecule has 0 bridgehead atoms. The summed E-state index contributed by atoms with van der Waals surface area (Å²) in [4.78, 5) is 0. The molecule has 7 heteroatoms. The predicted molar refractivity (Wildman–Crippen MR) is 107 cm³/mol. The highest BCUT2D eigenvalue weighted by molar-refractivity contribution is 5.31. The van der Waals surface area contributed by atoms with Gasteiger partial charge in [-0.05, 0) is 42.3 Å². The van der Waals surface area contributed by atoms with Gasteiger partial charge in [0, 0.05) is 18.7 Å². The number of benzene rings is 2. The second-order valence-corrected chi connectivity index (χ2v) is 6.95. The smallest absolute Gasteiger partial charge is 0.129 e. The molecule has 160 valence electrons. The molecule has 0 aliphatic rings. The van der Waals surface area contributed by atoms with Crippen LogP contribution in [0.5, 0.6) is 11.5 Å². The van der Waals surface area contributed by atoms with Gasteiger partial charge >= 0.3 is 0 Å². The Balaban J connectivity index is 1.58. The highest BCUT2D eigenvalue weighted by Gasteiger charge is 2.06. The van der Waals surface area contributed by atoms with Crippen molar-refractivity contribution in [3.8, 4) is 11.5 Å². The van der Waals surface area contributed by atoms with Crippen molar-refractivity contribution >= 4 is 0 Å². The summed E-state index contributed by atoms with van der Waals surface area (Å²) in [6.07, 6.45) is -0.203. The quantitative estimate of drug-likeness (QED) is 0.497. The zero-order chi connectivity index (χ0) is 21.1. The first-order chi connectivity index (χ1) is 13.9. The molecular weight excluding hydrogens is 380 g/mol. The molecule has 0 aliphatic heterocycles. The Morgan fingerprint density at radius 3 is 2.28 bits per heavy atom. The van der Waals surface area contributed by atoms with Crippen LogP contribution in [0.1, 0.15) is 19.4 Å². The molecule has 0 aliphatic carbocycles. The highest BCUT2D eigenvalue weighted by atomic mass is 19.1. The zero-order valence-corrected chi connectivity index (χ0v) is 16.9. The van der Waals surface area contributed by atoms with Crippen LogP contribution in [0.3, 0.4) is 0 Å². The fourth-order valence-corrected chi connectivity index (χ4v) is 2.48. The molecule has 0 saturated heterocycles.